The van der Waals surface area contributed by atoms with Crippen molar-refractivity contribution >= 4 is 17.5 Å². The van der Waals surface area contributed by atoms with E-state index in [-0.39, 0.29) is 6.04 Å². The number of carbonyl (C=O) groups excluding carboxylic acids is 1. The second kappa shape index (κ2) is 8.17. The van der Waals surface area contributed by atoms with Gasteiger partial charge in [0.05, 0.1) is 6.61 Å². The average molecular weight is 318 g/mol. The third-order valence-corrected chi connectivity index (χ3v) is 3.12. The fourth-order valence-corrected chi connectivity index (χ4v) is 2.02. The highest BCUT2D eigenvalue weighted by Crippen LogP contribution is 2.20. The summed E-state index contributed by atoms with van der Waals surface area (Å²) in [6.07, 6.45) is 1.33. The van der Waals surface area contributed by atoms with Gasteiger partial charge >= 0.3 is 6.09 Å². The molecule has 23 heavy (non-hydrogen) atoms. The molecule has 124 valence electrons. The number of aryl methyl sites for hydroxylation is 1. The lowest BCUT2D eigenvalue weighted by atomic mass is 10.2. The summed E-state index contributed by atoms with van der Waals surface area (Å²) in [6, 6.07) is 7.21. The number of rotatable bonds is 7. The van der Waals surface area contributed by atoms with Crippen molar-refractivity contribution in [1.29, 1.82) is 0 Å². The van der Waals surface area contributed by atoms with Gasteiger partial charge in [-0.15, -0.1) is 0 Å². The van der Waals surface area contributed by atoms with Crippen molar-refractivity contribution in [3.05, 3.63) is 36.0 Å². The molecule has 0 bridgehead atoms. The highest BCUT2D eigenvalue weighted by molar-refractivity contribution is 5.84. The van der Waals surface area contributed by atoms with Crippen LogP contribution in [-0.2, 0) is 11.2 Å². The Morgan fingerprint density at radius 3 is 2.61 bits per heavy atom. The summed E-state index contributed by atoms with van der Waals surface area (Å²) in [5, 5.41) is 9.87. The van der Waals surface area contributed by atoms with Crippen LogP contribution in [0.15, 0.2) is 28.8 Å². The highest BCUT2D eigenvalue weighted by atomic mass is 16.5. The predicted molar refractivity (Wildman–Crippen MR) is 87.4 cm³/mol. The molecule has 0 aliphatic carbocycles. The Kier molecular flexibility index (Phi) is 5.96. The second-order valence-electron chi connectivity index (χ2n) is 5.09. The van der Waals surface area contributed by atoms with Crippen LogP contribution < -0.4 is 10.6 Å². The van der Waals surface area contributed by atoms with Crippen molar-refractivity contribution < 1.29 is 14.1 Å². The van der Waals surface area contributed by atoms with Crippen molar-refractivity contribution in [3.63, 3.8) is 0 Å². The minimum atomic E-state index is -0.462. The molecule has 2 N–H and O–H groups in total. The Morgan fingerprint density at radius 2 is 1.96 bits per heavy atom. The summed E-state index contributed by atoms with van der Waals surface area (Å²) >= 11 is 0. The lowest BCUT2D eigenvalue weighted by molar-refractivity contribution is 0.168. The van der Waals surface area contributed by atoms with E-state index >= 15 is 0 Å². The minimum absolute atomic E-state index is 0.100. The van der Waals surface area contributed by atoms with Crippen LogP contribution in [0.1, 0.15) is 44.9 Å². The van der Waals surface area contributed by atoms with Crippen LogP contribution in [0.25, 0.3) is 0 Å². The van der Waals surface area contributed by atoms with Gasteiger partial charge in [0.2, 0.25) is 5.89 Å². The maximum absolute atomic E-state index is 11.3. The molecule has 1 aromatic carbocycles. The van der Waals surface area contributed by atoms with Gasteiger partial charge in [-0.3, -0.25) is 5.32 Å². The molecule has 1 heterocycles. The smallest absolute Gasteiger partial charge is 0.411 e. The molecular formula is C16H22N4O3. The van der Waals surface area contributed by atoms with E-state index < -0.39 is 6.09 Å². The number of carbonyl (C=O) groups is 1. The summed E-state index contributed by atoms with van der Waals surface area (Å²) in [6.45, 7) is 6.13. The van der Waals surface area contributed by atoms with Crippen molar-refractivity contribution in [2.45, 2.75) is 39.7 Å². The molecule has 1 amide bonds. The van der Waals surface area contributed by atoms with Crippen LogP contribution in [-0.4, -0.2) is 22.8 Å². The van der Waals surface area contributed by atoms with Gasteiger partial charge in [0.25, 0.3) is 0 Å². The number of aromatic nitrogens is 2. The van der Waals surface area contributed by atoms with Gasteiger partial charge in [0.1, 0.15) is 6.04 Å². The molecule has 0 radical (unpaired) electrons. The van der Waals surface area contributed by atoms with Gasteiger partial charge in [-0.05, 0) is 44.5 Å². The molecule has 2 rings (SSSR count). The number of hydrogen-bond donors (Lipinski definition) is 2. The average Bonchev–Trinajstić information content (AvgIpc) is 2.99. The Hall–Kier alpha value is -2.57. The van der Waals surface area contributed by atoms with Gasteiger partial charge in [0.15, 0.2) is 5.82 Å². The lowest BCUT2D eigenvalue weighted by Gasteiger charge is -2.12. The monoisotopic (exact) mass is 318 g/mol. The Morgan fingerprint density at radius 1 is 1.26 bits per heavy atom. The van der Waals surface area contributed by atoms with E-state index in [0.717, 1.165) is 24.4 Å². The number of nitrogens with zero attached hydrogens (tertiary/aromatic N) is 2. The summed E-state index contributed by atoms with van der Waals surface area (Å²) in [4.78, 5) is 15.7. The quantitative estimate of drug-likeness (QED) is 0.808. The van der Waals surface area contributed by atoms with Crippen LogP contribution in [0.4, 0.5) is 16.2 Å². The normalized spacial score (nSPS) is 11.8. The molecule has 0 aliphatic heterocycles. The topological polar surface area (TPSA) is 89.3 Å². The molecule has 0 saturated heterocycles. The first kappa shape index (κ1) is 16.8. The standard InChI is InChI=1S/C16H22N4O3/c1-4-6-14-19-15(23-20-14)11(3)17-12-7-9-13(10-8-12)18-16(21)22-5-2/h7-11,17H,4-6H2,1-3H3,(H,18,21). The summed E-state index contributed by atoms with van der Waals surface area (Å²) in [7, 11) is 0. The Balaban J connectivity index is 1.92. The molecule has 0 aliphatic rings. The minimum Gasteiger partial charge on any atom is -0.450 e. The molecule has 1 atom stereocenters. The zero-order valence-electron chi connectivity index (χ0n) is 13.6. The SMILES string of the molecule is CCCc1noc(C(C)Nc2ccc(NC(=O)OCC)cc2)n1. The molecule has 2 aromatic rings. The zero-order chi connectivity index (χ0) is 16.7. The molecular weight excluding hydrogens is 296 g/mol. The maximum Gasteiger partial charge on any atom is 0.411 e. The fourth-order valence-electron chi connectivity index (χ4n) is 2.02. The van der Waals surface area contributed by atoms with E-state index in [1.165, 1.54) is 0 Å². The van der Waals surface area contributed by atoms with E-state index in [2.05, 4.69) is 27.7 Å². The maximum atomic E-state index is 11.3. The van der Waals surface area contributed by atoms with Gasteiger partial charge in [-0.1, -0.05) is 12.1 Å². The number of benzene rings is 1. The predicted octanol–water partition coefficient (Wildman–Crippen LogP) is 3.76. The molecule has 0 spiro atoms. The van der Waals surface area contributed by atoms with Crippen LogP contribution in [0.5, 0.6) is 0 Å². The summed E-state index contributed by atoms with van der Waals surface area (Å²) < 4.78 is 10.1. The lowest BCUT2D eigenvalue weighted by Crippen LogP contribution is -2.13. The van der Waals surface area contributed by atoms with Crippen LogP contribution in [0, 0.1) is 0 Å². The van der Waals surface area contributed by atoms with E-state index in [9.17, 15) is 4.79 Å². The number of ether oxygens (including phenoxy) is 1. The number of amides is 1. The largest absolute Gasteiger partial charge is 0.450 e. The highest BCUT2D eigenvalue weighted by Gasteiger charge is 2.13. The fraction of sp³-hybridized carbons (Fsp3) is 0.438. The number of hydrogen-bond acceptors (Lipinski definition) is 6. The van der Waals surface area contributed by atoms with Gasteiger partial charge < -0.3 is 14.6 Å². The van der Waals surface area contributed by atoms with E-state index in [1.807, 2.05) is 19.1 Å². The first-order chi connectivity index (χ1) is 11.1. The van der Waals surface area contributed by atoms with Gasteiger partial charge in [0, 0.05) is 17.8 Å². The molecule has 0 saturated carbocycles. The summed E-state index contributed by atoms with van der Waals surface area (Å²) in [5.41, 5.74) is 1.56. The van der Waals surface area contributed by atoms with Crippen molar-refractivity contribution in [2.75, 3.05) is 17.2 Å². The molecule has 7 heteroatoms. The van der Waals surface area contributed by atoms with Gasteiger partial charge in [-0.25, -0.2) is 4.79 Å². The van der Waals surface area contributed by atoms with Crippen molar-refractivity contribution in [1.82, 2.24) is 10.1 Å². The van der Waals surface area contributed by atoms with E-state index in [4.69, 9.17) is 9.26 Å². The Bertz CT molecular complexity index is 625. The summed E-state index contributed by atoms with van der Waals surface area (Å²) in [5.74, 6) is 1.28. The van der Waals surface area contributed by atoms with Crippen LogP contribution in [0.2, 0.25) is 0 Å². The first-order valence-corrected chi connectivity index (χ1v) is 7.75. The molecule has 0 fully saturated rings. The number of nitrogens with one attached hydrogen (secondary N) is 2. The third-order valence-electron chi connectivity index (χ3n) is 3.12. The second-order valence-corrected chi connectivity index (χ2v) is 5.09. The van der Waals surface area contributed by atoms with Gasteiger partial charge in [-0.2, -0.15) is 4.98 Å². The Labute approximate surface area is 135 Å². The van der Waals surface area contributed by atoms with E-state index in [1.54, 1.807) is 19.1 Å². The van der Waals surface area contributed by atoms with Crippen LogP contribution in [0.3, 0.4) is 0 Å². The third kappa shape index (κ3) is 4.98. The zero-order valence-corrected chi connectivity index (χ0v) is 13.6. The molecule has 1 unspecified atom stereocenters. The number of anilines is 2. The van der Waals surface area contributed by atoms with Crippen molar-refractivity contribution in [3.8, 4) is 0 Å². The van der Waals surface area contributed by atoms with Crippen molar-refractivity contribution in [2.24, 2.45) is 0 Å². The first-order valence-electron chi connectivity index (χ1n) is 7.75. The van der Waals surface area contributed by atoms with Crippen LogP contribution >= 0.6 is 0 Å². The molecule has 1 aromatic heterocycles. The molecule has 7 nitrogen and oxygen atoms in total. The van der Waals surface area contributed by atoms with E-state index in [0.29, 0.717) is 18.2 Å².